The molecule has 0 unspecified atom stereocenters. The fraction of sp³-hybridized carbons (Fsp3) is 0.440. The number of amides is 1. The molecule has 0 spiro atoms. The highest BCUT2D eigenvalue weighted by molar-refractivity contribution is 8.18. The van der Waals surface area contributed by atoms with Gasteiger partial charge in [0.2, 0.25) is 0 Å². The summed E-state index contributed by atoms with van der Waals surface area (Å²) < 4.78 is 7.75. The number of ether oxygens (including phenoxy) is 1. The van der Waals surface area contributed by atoms with Crippen LogP contribution in [-0.4, -0.2) is 53.9 Å². The third-order valence-corrected chi connectivity index (χ3v) is 7.55. The van der Waals surface area contributed by atoms with Crippen molar-refractivity contribution in [2.75, 3.05) is 38.3 Å². The predicted octanol–water partition coefficient (Wildman–Crippen LogP) is 5.06. The van der Waals surface area contributed by atoms with Crippen molar-refractivity contribution in [2.24, 2.45) is 4.99 Å². The number of hydrogen-bond donors (Lipinski definition) is 0. The number of benzene rings is 1. The first-order valence-electron chi connectivity index (χ1n) is 11.5. The van der Waals surface area contributed by atoms with Gasteiger partial charge in [-0.1, -0.05) is 19.3 Å². The van der Waals surface area contributed by atoms with Crippen LogP contribution in [-0.2, 0) is 9.53 Å². The molecule has 7 heteroatoms. The molecular weight excluding hydrogens is 420 g/mol. The maximum absolute atomic E-state index is 12.8. The Bertz CT molecular complexity index is 1010. The Kier molecular flexibility index (Phi) is 6.37. The fourth-order valence-electron chi connectivity index (χ4n) is 4.60. The van der Waals surface area contributed by atoms with Crippen molar-refractivity contribution in [1.29, 1.82) is 0 Å². The van der Waals surface area contributed by atoms with Gasteiger partial charge < -0.3 is 14.2 Å². The molecule has 32 heavy (non-hydrogen) atoms. The number of carbonyl (C=O) groups excluding carboxylic acids is 1. The van der Waals surface area contributed by atoms with Crippen LogP contribution in [0.2, 0.25) is 0 Å². The SMILES string of the molecule is CN1C(=O)/C(=C\c2ccn(C3CCCCC3)c2)SC1=Nc1ccc(N2CCOCC2)cc1. The van der Waals surface area contributed by atoms with Gasteiger partial charge in [-0.15, -0.1) is 0 Å². The van der Waals surface area contributed by atoms with Crippen LogP contribution in [0.1, 0.15) is 43.7 Å². The van der Waals surface area contributed by atoms with E-state index >= 15 is 0 Å². The standard InChI is InChI=1S/C25H30N4O2S/c1-27-24(30)23(17-19-11-12-29(18-19)21-5-3-2-4-6-21)32-25(27)26-20-7-9-22(10-8-20)28-13-15-31-16-14-28/h7-12,17-18,21H,2-6,13-16H2,1H3/b23-17+,26-25?. The molecule has 3 heterocycles. The van der Waals surface area contributed by atoms with Gasteiger partial charge in [-0.3, -0.25) is 9.69 Å². The molecule has 3 aliphatic rings. The summed E-state index contributed by atoms with van der Waals surface area (Å²) in [6, 6.07) is 10.9. The van der Waals surface area contributed by atoms with E-state index in [0.29, 0.717) is 11.2 Å². The second-order valence-electron chi connectivity index (χ2n) is 8.67. The fourth-order valence-corrected chi connectivity index (χ4v) is 5.58. The van der Waals surface area contributed by atoms with Crippen LogP contribution >= 0.6 is 11.8 Å². The number of aliphatic imine (C=N–C) groups is 1. The Balaban J connectivity index is 1.29. The first kappa shape index (κ1) is 21.3. The summed E-state index contributed by atoms with van der Waals surface area (Å²) in [5, 5.41) is 0.715. The number of thioether (sulfide) groups is 1. The number of nitrogens with zero attached hydrogens (tertiary/aromatic N) is 4. The molecule has 2 saturated heterocycles. The highest BCUT2D eigenvalue weighted by Crippen LogP contribution is 2.34. The lowest BCUT2D eigenvalue weighted by Crippen LogP contribution is -2.36. The maximum atomic E-state index is 12.8. The minimum Gasteiger partial charge on any atom is -0.378 e. The van der Waals surface area contributed by atoms with Crippen molar-refractivity contribution < 1.29 is 9.53 Å². The van der Waals surface area contributed by atoms with Crippen molar-refractivity contribution in [3.8, 4) is 0 Å². The summed E-state index contributed by atoms with van der Waals surface area (Å²) in [6.45, 7) is 3.37. The van der Waals surface area contributed by atoms with Crippen molar-refractivity contribution in [2.45, 2.75) is 38.1 Å². The average molecular weight is 451 g/mol. The highest BCUT2D eigenvalue weighted by atomic mass is 32.2. The Labute approximate surface area is 193 Å². The van der Waals surface area contributed by atoms with E-state index in [2.05, 4.69) is 40.1 Å². The lowest BCUT2D eigenvalue weighted by Gasteiger charge is -2.28. The van der Waals surface area contributed by atoms with Gasteiger partial charge in [0.15, 0.2) is 5.17 Å². The third kappa shape index (κ3) is 4.64. The molecule has 5 rings (SSSR count). The highest BCUT2D eigenvalue weighted by Gasteiger charge is 2.30. The summed E-state index contributed by atoms with van der Waals surface area (Å²) in [7, 11) is 1.80. The molecule has 1 aliphatic carbocycles. The second kappa shape index (κ2) is 9.55. The lowest BCUT2D eigenvalue weighted by atomic mass is 9.95. The molecule has 1 saturated carbocycles. The van der Waals surface area contributed by atoms with Crippen molar-refractivity contribution >= 4 is 40.3 Å². The lowest BCUT2D eigenvalue weighted by molar-refractivity contribution is -0.121. The van der Waals surface area contributed by atoms with E-state index in [1.165, 1.54) is 49.6 Å². The number of likely N-dealkylation sites (N-methyl/N-ethyl adjacent to an activating group) is 1. The molecule has 168 valence electrons. The van der Waals surface area contributed by atoms with E-state index < -0.39 is 0 Å². The molecule has 1 amide bonds. The molecule has 3 fully saturated rings. The minimum atomic E-state index is 0.00380. The number of amidine groups is 1. The largest absolute Gasteiger partial charge is 0.378 e. The molecule has 6 nitrogen and oxygen atoms in total. The van der Waals surface area contributed by atoms with Crippen LogP contribution in [0.4, 0.5) is 11.4 Å². The third-order valence-electron chi connectivity index (χ3n) is 6.49. The van der Waals surface area contributed by atoms with Crippen LogP contribution in [0.3, 0.4) is 0 Å². The zero-order chi connectivity index (χ0) is 21.9. The van der Waals surface area contributed by atoms with Gasteiger partial charge in [0.1, 0.15) is 0 Å². The molecular formula is C25H30N4O2S. The quantitative estimate of drug-likeness (QED) is 0.611. The van der Waals surface area contributed by atoms with Gasteiger partial charge in [0.25, 0.3) is 5.91 Å². The van der Waals surface area contributed by atoms with Gasteiger partial charge in [0, 0.05) is 44.3 Å². The number of morpholine rings is 1. The Hall–Kier alpha value is -2.51. The van der Waals surface area contributed by atoms with E-state index in [1.807, 2.05) is 18.2 Å². The minimum absolute atomic E-state index is 0.00380. The van der Waals surface area contributed by atoms with Crippen LogP contribution in [0.5, 0.6) is 0 Å². The van der Waals surface area contributed by atoms with Crippen LogP contribution in [0, 0.1) is 0 Å². The van der Waals surface area contributed by atoms with Crippen molar-refractivity contribution in [3.63, 3.8) is 0 Å². The zero-order valence-corrected chi connectivity index (χ0v) is 19.4. The molecule has 1 aromatic heterocycles. The molecule has 0 bridgehead atoms. The molecule has 2 aliphatic heterocycles. The zero-order valence-electron chi connectivity index (χ0n) is 18.6. The number of anilines is 1. The monoisotopic (exact) mass is 450 g/mol. The average Bonchev–Trinajstić information content (AvgIpc) is 3.42. The second-order valence-corrected chi connectivity index (χ2v) is 9.68. The predicted molar refractivity (Wildman–Crippen MR) is 131 cm³/mol. The van der Waals surface area contributed by atoms with Crippen LogP contribution in [0.25, 0.3) is 6.08 Å². The van der Waals surface area contributed by atoms with Gasteiger partial charge in [-0.25, -0.2) is 4.99 Å². The number of carbonyl (C=O) groups is 1. The summed E-state index contributed by atoms with van der Waals surface area (Å²) >= 11 is 1.44. The van der Waals surface area contributed by atoms with Gasteiger partial charge in [0.05, 0.1) is 23.8 Å². The summed E-state index contributed by atoms with van der Waals surface area (Å²) in [5.74, 6) is 0.00380. The van der Waals surface area contributed by atoms with E-state index in [9.17, 15) is 4.79 Å². The van der Waals surface area contributed by atoms with Gasteiger partial charge in [-0.05, 0) is 66.6 Å². The van der Waals surface area contributed by atoms with Crippen molar-refractivity contribution in [1.82, 2.24) is 9.47 Å². The van der Waals surface area contributed by atoms with Gasteiger partial charge in [-0.2, -0.15) is 0 Å². The van der Waals surface area contributed by atoms with E-state index in [4.69, 9.17) is 9.73 Å². The normalized spacial score (nSPS) is 23.0. The molecule has 1 aromatic carbocycles. The Morgan fingerprint density at radius 2 is 1.81 bits per heavy atom. The molecule has 2 aromatic rings. The topological polar surface area (TPSA) is 50.1 Å². The van der Waals surface area contributed by atoms with E-state index in [1.54, 1.807) is 11.9 Å². The van der Waals surface area contributed by atoms with Crippen molar-refractivity contribution in [3.05, 3.63) is 53.2 Å². The summed E-state index contributed by atoms with van der Waals surface area (Å²) in [4.78, 5) is 22.2. The molecule has 0 atom stereocenters. The summed E-state index contributed by atoms with van der Waals surface area (Å²) in [5.41, 5.74) is 3.12. The maximum Gasteiger partial charge on any atom is 0.266 e. The molecule has 0 radical (unpaired) electrons. The van der Waals surface area contributed by atoms with E-state index in [0.717, 1.165) is 42.5 Å². The number of rotatable bonds is 4. The number of hydrogen-bond acceptors (Lipinski definition) is 5. The summed E-state index contributed by atoms with van der Waals surface area (Å²) in [6.07, 6.45) is 12.8. The number of aromatic nitrogens is 1. The Morgan fingerprint density at radius 3 is 2.56 bits per heavy atom. The first-order chi connectivity index (χ1) is 15.7. The van der Waals surface area contributed by atoms with E-state index in [-0.39, 0.29) is 5.91 Å². The van der Waals surface area contributed by atoms with Gasteiger partial charge >= 0.3 is 0 Å². The first-order valence-corrected chi connectivity index (χ1v) is 12.4. The molecule has 0 N–H and O–H groups in total. The van der Waals surface area contributed by atoms with Crippen LogP contribution in [0.15, 0.2) is 52.6 Å². The smallest absolute Gasteiger partial charge is 0.266 e. The van der Waals surface area contributed by atoms with Crippen LogP contribution < -0.4 is 4.90 Å². The Morgan fingerprint density at radius 1 is 1.06 bits per heavy atom.